The molecule has 11 nitrogen and oxygen atoms in total. The molecule has 184 valence electrons. The third-order valence-corrected chi connectivity index (χ3v) is 5.27. The lowest BCUT2D eigenvalue weighted by Gasteiger charge is -2.45. The lowest BCUT2D eigenvalue weighted by Crippen LogP contribution is -2.66. The molecule has 3 N–H and O–H groups in total. The van der Waals surface area contributed by atoms with Crippen molar-refractivity contribution in [1.82, 2.24) is 5.32 Å². The van der Waals surface area contributed by atoms with Crippen LogP contribution < -0.4 is 11.1 Å². The van der Waals surface area contributed by atoms with Crippen molar-refractivity contribution in [1.29, 1.82) is 0 Å². The van der Waals surface area contributed by atoms with Crippen molar-refractivity contribution >= 4 is 23.8 Å². The maximum Gasteiger partial charge on any atom is 0.303 e. The number of carbonyl (C=O) groups excluding carboxylic acids is 4. The number of nitrogens with one attached hydrogen (secondary N) is 1. The van der Waals surface area contributed by atoms with E-state index < -0.39 is 54.5 Å². The van der Waals surface area contributed by atoms with Crippen LogP contribution in [0.15, 0.2) is 0 Å². The first-order valence-electron chi connectivity index (χ1n) is 10.7. The Labute approximate surface area is 188 Å². The highest BCUT2D eigenvalue weighted by molar-refractivity contribution is 5.73. The number of ether oxygens (including phenoxy) is 5. The van der Waals surface area contributed by atoms with Gasteiger partial charge in [0.1, 0.15) is 18.8 Å². The molecule has 11 heteroatoms. The number of esters is 3. The molecule has 1 saturated heterocycles. The second-order valence-electron chi connectivity index (χ2n) is 8.07. The van der Waals surface area contributed by atoms with E-state index in [-0.39, 0.29) is 25.0 Å². The van der Waals surface area contributed by atoms with Crippen molar-refractivity contribution in [2.24, 2.45) is 17.6 Å². The molecule has 0 aromatic rings. The van der Waals surface area contributed by atoms with Crippen LogP contribution in [0.2, 0.25) is 0 Å². The molecule has 1 heterocycles. The Morgan fingerprint density at radius 3 is 2.03 bits per heavy atom. The monoisotopic (exact) mass is 460 g/mol. The number of rotatable bonds is 11. The molecule has 0 bridgehead atoms. The summed E-state index contributed by atoms with van der Waals surface area (Å²) in [7, 11) is 0. The van der Waals surface area contributed by atoms with E-state index in [1.165, 1.54) is 27.7 Å². The van der Waals surface area contributed by atoms with Gasteiger partial charge in [0.25, 0.3) is 0 Å². The van der Waals surface area contributed by atoms with Gasteiger partial charge in [0.05, 0.1) is 6.61 Å². The molecular weight excluding hydrogens is 424 g/mol. The van der Waals surface area contributed by atoms with Crippen LogP contribution in [0, 0.1) is 11.8 Å². The molecule has 0 radical (unpaired) electrons. The molecule has 0 saturated carbocycles. The van der Waals surface area contributed by atoms with Crippen molar-refractivity contribution < 1.29 is 42.9 Å². The summed E-state index contributed by atoms with van der Waals surface area (Å²) >= 11 is 0. The van der Waals surface area contributed by atoms with Crippen molar-refractivity contribution in [2.45, 2.75) is 78.6 Å². The number of hydrogen-bond acceptors (Lipinski definition) is 10. The molecule has 0 spiro atoms. The van der Waals surface area contributed by atoms with Gasteiger partial charge in [-0.15, -0.1) is 0 Å². The van der Waals surface area contributed by atoms with Crippen molar-refractivity contribution in [3.05, 3.63) is 0 Å². The molecule has 1 aliphatic rings. The Hall–Kier alpha value is -2.24. The third kappa shape index (κ3) is 9.09. The first-order chi connectivity index (χ1) is 15.0. The maximum absolute atomic E-state index is 11.9. The van der Waals surface area contributed by atoms with Gasteiger partial charge in [-0.3, -0.25) is 19.2 Å². The maximum atomic E-state index is 11.9. The number of carbonyl (C=O) groups is 4. The topological polar surface area (TPSA) is 152 Å². The van der Waals surface area contributed by atoms with Crippen molar-refractivity contribution in [2.75, 3.05) is 19.8 Å². The molecule has 7 atom stereocenters. The van der Waals surface area contributed by atoms with Gasteiger partial charge >= 0.3 is 17.9 Å². The van der Waals surface area contributed by atoms with Crippen LogP contribution in [-0.2, 0) is 42.9 Å². The van der Waals surface area contributed by atoms with Gasteiger partial charge in [-0.1, -0.05) is 13.8 Å². The zero-order valence-corrected chi connectivity index (χ0v) is 19.6. The first kappa shape index (κ1) is 27.8. The summed E-state index contributed by atoms with van der Waals surface area (Å²) < 4.78 is 27.7. The average Bonchev–Trinajstić information content (AvgIpc) is 2.68. The fourth-order valence-electron chi connectivity index (χ4n) is 3.32. The summed E-state index contributed by atoms with van der Waals surface area (Å²) in [6, 6.07) is -0.962. The molecule has 0 aromatic heterocycles. The average molecular weight is 461 g/mol. The van der Waals surface area contributed by atoms with E-state index in [4.69, 9.17) is 29.4 Å². The van der Waals surface area contributed by atoms with E-state index in [0.717, 1.165) is 0 Å². The lowest BCUT2D eigenvalue weighted by atomic mass is 9.93. The molecule has 0 aliphatic carbocycles. The van der Waals surface area contributed by atoms with Crippen LogP contribution in [0.4, 0.5) is 0 Å². The summed E-state index contributed by atoms with van der Waals surface area (Å²) in [5, 5.41) is 2.66. The normalized spacial score (nSPS) is 27.0. The molecule has 32 heavy (non-hydrogen) atoms. The van der Waals surface area contributed by atoms with Gasteiger partial charge in [0, 0.05) is 27.7 Å². The van der Waals surface area contributed by atoms with E-state index in [0.29, 0.717) is 13.0 Å². The molecular formula is C21H36N2O9. The summed E-state index contributed by atoms with van der Waals surface area (Å²) in [6.07, 6.45) is -3.62. The molecule has 1 fully saturated rings. The van der Waals surface area contributed by atoms with Gasteiger partial charge < -0.3 is 34.7 Å². The zero-order chi connectivity index (χ0) is 24.4. The Balaban J connectivity index is 3.16. The predicted molar refractivity (Wildman–Crippen MR) is 112 cm³/mol. The van der Waals surface area contributed by atoms with Crippen LogP contribution in [0.5, 0.6) is 0 Å². The molecule has 5 unspecified atom stereocenters. The fourth-order valence-corrected chi connectivity index (χ4v) is 3.32. The Morgan fingerprint density at radius 1 is 0.938 bits per heavy atom. The second-order valence-corrected chi connectivity index (χ2v) is 8.07. The molecule has 1 rings (SSSR count). The number of hydrogen-bond donors (Lipinski definition) is 2. The van der Waals surface area contributed by atoms with Crippen molar-refractivity contribution in [3.63, 3.8) is 0 Å². The summed E-state index contributed by atoms with van der Waals surface area (Å²) in [5.41, 5.74) is 5.72. The first-order valence-corrected chi connectivity index (χ1v) is 10.7. The minimum absolute atomic E-state index is 0.266. The minimum atomic E-state index is -1.14. The quantitative estimate of drug-likeness (QED) is 0.325. The minimum Gasteiger partial charge on any atom is -0.463 e. The Morgan fingerprint density at radius 2 is 1.53 bits per heavy atom. The van der Waals surface area contributed by atoms with Gasteiger partial charge in [0.2, 0.25) is 5.91 Å². The summed E-state index contributed by atoms with van der Waals surface area (Å²) in [6.45, 7) is 9.53. The van der Waals surface area contributed by atoms with Crippen LogP contribution in [0.3, 0.4) is 0 Å². The third-order valence-electron chi connectivity index (χ3n) is 5.27. The SMILES string of the molecule is CC(=O)NC1C(OC(C)=O)[C@@H](OC(C)=O)C(COC(C)=O)O[C@H]1OCCC(C)C(C)CN. The smallest absolute Gasteiger partial charge is 0.303 e. The molecule has 0 aromatic carbocycles. The van der Waals surface area contributed by atoms with Crippen LogP contribution in [0.1, 0.15) is 48.0 Å². The van der Waals surface area contributed by atoms with Gasteiger partial charge in [-0.2, -0.15) is 0 Å². The second kappa shape index (κ2) is 13.3. The molecule has 1 amide bonds. The van der Waals surface area contributed by atoms with Crippen molar-refractivity contribution in [3.8, 4) is 0 Å². The highest BCUT2D eigenvalue weighted by Crippen LogP contribution is 2.28. The standard InChI is InChI=1S/C21H36N2O9/c1-11(12(2)9-22)7-8-28-21-18(23-13(3)24)20(31-16(6)27)19(30-15(5)26)17(32-21)10-29-14(4)25/h11-12,17-21H,7-10,22H2,1-6H3,(H,23,24)/t11?,12?,17?,18?,19-,20?,21+/m0/s1. The Kier molecular flexibility index (Phi) is 11.6. The van der Waals surface area contributed by atoms with E-state index >= 15 is 0 Å². The van der Waals surface area contributed by atoms with E-state index in [1.807, 2.05) is 6.92 Å². The van der Waals surface area contributed by atoms with E-state index in [9.17, 15) is 19.2 Å². The van der Waals surface area contributed by atoms with Gasteiger partial charge in [-0.25, -0.2) is 0 Å². The van der Waals surface area contributed by atoms with Gasteiger partial charge in [-0.05, 0) is 24.8 Å². The zero-order valence-electron chi connectivity index (χ0n) is 19.6. The summed E-state index contributed by atoms with van der Waals surface area (Å²) in [4.78, 5) is 46.7. The largest absolute Gasteiger partial charge is 0.463 e. The number of nitrogens with two attached hydrogens (primary N) is 1. The van der Waals surface area contributed by atoms with E-state index in [2.05, 4.69) is 12.2 Å². The highest BCUT2D eigenvalue weighted by Gasteiger charge is 2.51. The predicted octanol–water partition coefficient (Wildman–Crippen LogP) is 0.280. The lowest BCUT2D eigenvalue weighted by molar-refractivity contribution is -0.278. The van der Waals surface area contributed by atoms with Gasteiger partial charge in [0.15, 0.2) is 18.5 Å². The van der Waals surface area contributed by atoms with Crippen LogP contribution in [0.25, 0.3) is 0 Å². The fraction of sp³-hybridized carbons (Fsp3) is 0.810. The Bertz CT molecular complexity index is 657. The van der Waals surface area contributed by atoms with Crippen LogP contribution >= 0.6 is 0 Å². The number of amides is 1. The van der Waals surface area contributed by atoms with Crippen LogP contribution in [-0.4, -0.2) is 74.2 Å². The van der Waals surface area contributed by atoms with E-state index in [1.54, 1.807) is 0 Å². The highest BCUT2D eigenvalue weighted by atomic mass is 16.7. The summed E-state index contributed by atoms with van der Waals surface area (Å²) in [5.74, 6) is -1.73. The molecule has 1 aliphatic heterocycles.